The molecule has 7 heteroatoms. The molecule has 3 aromatic rings. The predicted molar refractivity (Wildman–Crippen MR) is 109 cm³/mol. The summed E-state index contributed by atoms with van der Waals surface area (Å²) in [6, 6.07) is 11.0. The van der Waals surface area contributed by atoms with Crippen LogP contribution in [0.15, 0.2) is 48.8 Å². The van der Waals surface area contributed by atoms with Crippen molar-refractivity contribution >= 4 is 28.4 Å². The van der Waals surface area contributed by atoms with Gasteiger partial charge in [0.25, 0.3) is 5.91 Å². The lowest BCUT2D eigenvalue weighted by atomic mass is 10.1. The van der Waals surface area contributed by atoms with Crippen LogP contribution in [0.25, 0.3) is 10.9 Å². The molecule has 0 bridgehead atoms. The molecule has 0 spiro atoms. The van der Waals surface area contributed by atoms with Crippen LogP contribution in [0.5, 0.6) is 5.75 Å². The summed E-state index contributed by atoms with van der Waals surface area (Å²) < 4.78 is 10.7. The largest absolute Gasteiger partial charge is 0.494 e. The smallest absolute Gasteiger partial charge is 0.254 e. The average molecular weight is 400 g/mol. The van der Waals surface area contributed by atoms with Gasteiger partial charge in [0, 0.05) is 49.1 Å². The lowest BCUT2D eigenvalue weighted by molar-refractivity contribution is 0.0680. The second-order valence-electron chi connectivity index (χ2n) is 6.18. The number of carbonyl (C=O) groups is 1. The number of nitrogens with zero attached hydrogens (tertiary/aromatic N) is 3. The molecule has 0 aliphatic heterocycles. The minimum atomic E-state index is -0.112. The zero-order valence-electron chi connectivity index (χ0n) is 15.9. The number of fused-ring (bicyclic) bond motifs is 1. The van der Waals surface area contributed by atoms with Gasteiger partial charge in [0.15, 0.2) is 0 Å². The highest BCUT2D eigenvalue weighted by molar-refractivity contribution is 6.30. The fraction of sp³-hybridized carbons (Fsp3) is 0.286. The van der Waals surface area contributed by atoms with Crippen LogP contribution in [0, 0.1) is 0 Å². The van der Waals surface area contributed by atoms with E-state index in [9.17, 15) is 4.79 Å². The Kier molecular flexibility index (Phi) is 6.79. The van der Waals surface area contributed by atoms with Crippen molar-refractivity contribution in [1.29, 1.82) is 0 Å². The molecular weight excluding hydrogens is 378 g/mol. The van der Waals surface area contributed by atoms with Crippen LogP contribution >= 0.6 is 11.6 Å². The van der Waals surface area contributed by atoms with E-state index in [1.54, 1.807) is 36.5 Å². The van der Waals surface area contributed by atoms with Crippen LogP contribution in [0.1, 0.15) is 22.8 Å². The first kappa shape index (κ1) is 20.0. The summed E-state index contributed by atoms with van der Waals surface area (Å²) in [7, 11) is 1.61. The minimum Gasteiger partial charge on any atom is -0.494 e. The van der Waals surface area contributed by atoms with Crippen LogP contribution < -0.4 is 4.74 Å². The van der Waals surface area contributed by atoms with E-state index >= 15 is 0 Å². The lowest BCUT2D eigenvalue weighted by Crippen LogP contribution is -2.33. The van der Waals surface area contributed by atoms with E-state index in [2.05, 4.69) is 9.97 Å². The summed E-state index contributed by atoms with van der Waals surface area (Å²) in [6.45, 7) is 3.71. The Morgan fingerprint density at radius 3 is 2.68 bits per heavy atom. The van der Waals surface area contributed by atoms with Crippen molar-refractivity contribution in [2.75, 3.05) is 26.9 Å². The number of benzene rings is 1. The number of aromatic nitrogens is 2. The monoisotopic (exact) mass is 399 g/mol. The van der Waals surface area contributed by atoms with E-state index < -0.39 is 0 Å². The molecule has 146 valence electrons. The van der Waals surface area contributed by atoms with Gasteiger partial charge in [0.2, 0.25) is 0 Å². The molecular formula is C21H22ClN3O3. The molecule has 2 heterocycles. The van der Waals surface area contributed by atoms with E-state index in [1.807, 2.05) is 31.2 Å². The number of rotatable bonds is 8. The van der Waals surface area contributed by atoms with Crippen molar-refractivity contribution in [3.8, 4) is 5.75 Å². The van der Waals surface area contributed by atoms with Crippen molar-refractivity contribution in [3.63, 3.8) is 0 Å². The highest BCUT2D eigenvalue weighted by atomic mass is 35.5. The molecule has 28 heavy (non-hydrogen) atoms. The van der Waals surface area contributed by atoms with Crippen molar-refractivity contribution in [1.82, 2.24) is 14.9 Å². The van der Waals surface area contributed by atoms with Gasteiger partial charge in [-0.1, -0.05) is 11.6 Å². The maximum absolute atomic E-state index is 12.9. The van der Waals surface area contributed by atoms with E-state index in [0.717, 1.165) is 22.2 Å². The molecule has 6 nitrogen and oxygen atoms in total. The molecule has 2 aromatic heterocycles. The van der Waals surface area contributed by atoms with Crippen molar-refractivity contribution in [3.05, 3.63) is 65.1 Å². The minimum absolute atomic E-state index is 0.112. The first-order valence-corrected chi connectivity index (χ1v) is 9.40. The number of hydrogen-bond donors (Lipinski definition) is 0. The fourth-order valence-corrected chi connectivity index (χ4v) is 3.08. The van der Waals surface area contributed by atoms with Gasteiger partial charge in [-0.3, -0.25) is 9.78 Å². The highest BCUT2D eigenvalue weighted by Gasteiger charge is 2.18. The van der Waals surface area contributed by atoms with Crippen LogP contribution in [0.2, 0.25) is 5.15 Å². The van der Waals surface area contributed by atoms with Gasteiger partial charge in [0.1, 0.15) is 10.9 Å². The maximum Gasteiger partial charge on any atom is 0.254 e. The summed E-state index contributed by atoms with van der Waals surface area (Å²) in [5.41, 5.74) is 2.11. The predicted octanol–water partition coefficient (Wildman–Crippen LogP) is 3.97. The van der Waals surface area contributed by atoms with Gasteiger partial charge >= 0.3 is 0 Å². The first-order valence-electron chi connectivity index (χ1n) is 9.02. The molecule has 0 aliphatic carbocycles. The zero-order valence-corrected chi connectivity index (χ0v) is 16.6. The molecule has 1 amide bonds. The summed E-state index contributed by atoms with van der Waals surface area (Å²) in [5.74, 6) is 0.660. The van der Waals surface area contributed by atoms with Crippen LogP contribution in [0.3, 0.4) is 0 Å². The second-order valence-corrected chi connectivity index (χ2v) is 6.54. The number of halogens is 1. The van der Waals surface area contributed by atoms with Crippen molar-refractivity contribution < 1.29 is 14.3 Å². The number of ether oxygens (including phenoxy) is 2. The number of hydrogen-bond acceptors (Lipinski definition) is 5. The molecule has 0 atom stereocenters. The van der Waals surface area contributed by atoms with Gasteiger partial charge in [-0.15, -0.1) is 0 Å². The molecule has 0 saturated heterocycles. The average Bonchev–Trinajstić information content (AvgIpc) is 2.72. The molecule has 0 radical (unpaired) electrons. The SMILES string of the molecule is CCOc1ccc2nc(Cl)c(CN(CCOC)C(=O)c3ccncc3)cc2c1. The zero-order chi connectivity index (χ0) is 19.9. The van der Waals surface area contributed by atoms with Crippen LogP contribution in [-0.2, 0) is 11.3 Å². The maximum atomic E-state index is 12.9. The Labute approximate surface area is 169 Å². The Morgan fingerprint density at radius 2 is 1.96 bits per heavy atom. The Balaban J connectivity index is 1.91. The topological polar surface area (TPSA) is 64.6 Å². The van der Waals surface area contributed by atoms with Gasteiger partial charge in [-0.05, 0) is 43.3 Å². The van der Waals surface area contributed by atoms with Gasteiger partial charge in [0.05, 0.1) is 18.7 Å². The summed E-state index contributed by atoms with van der Waals surface area (Å²) >= 11 is 6.41. The second kappa shape index (κ2) is 9.48. The highest BCUT2D eigenvalue weighted by Crippen LogP contribution is 2.25. The number of methoxy groups -OCH3 is 1. The molecule has 0 saturated carbocycles. The van der Waals surface area contributed by atoms with Crippen molar-refractivity contribution in [2.24, 2.45) is 0 Å². The fourth-order valence-electron chi connectivity index (χ4n) is 2.88. The molecule has 3 rings (SSSR count). The molecule has 0 fully saturated rings. The molecule has 0 N–H and O–H groups in total. The molecule has 1 aromatic carbocycles. The first-order chi connectivity index (χ1) is 13.6. The lowest BCUT2D eigenvalue weighted by Gasteiger charge is -2.23. The normalized spacial score (nSPS) is 10.8. The van der Waals surface area contributed by atoms with Crippen molar-refractivity contribution in [2.45, 2.75) is 13.5 Å². The van der Waals surface area contributed by atoms with Crippen LogP contribution in [-0.4, -0.2) is 47.6 Å². The summed E-state index contributed by atoms with van der Waals surface area (Å²) in [4.78, 5) is 23.1. The Hall–Kier alpha value is -2.70. The van der Waals surface area contributed by atoms with E-state index in [1.165, 1.54) is 0 Å². The third-order valence-corrected chi connectivity index (χ3v) is 4.59. The van der Waals surface area contributed by atoms with E-state index in [-0.39, 0.29) is 5.91 Å². The molecule has 0 unspecified atom stereocenters. The number of pyridine rings is 2. The third kappa shape index (κ3) is 4.77. The number of amides is 1. The Morgan fingerprint density at radius 1 is 1.18 bits per heavy atom. The standard InChI is InChI=1S/C21H22ClN3O3/c1-3-28-18-4-5-19-16(13-18)12-17(20(22)24-19)14-25(10-11-27-2)21(26)15-6-8-23-9-7-15/h4-9,12-13H,3,10-11,14H2,1-2H3. The summed E-state index contributed by atoms with van der Waals surface area (Å²) in [5, 5.41) is 1.29. The van der Waals surface area contributed by atoms with Gasteiger partial charge in [-0.25, -0.2) is 4.98 Å². The Bertz CT molecular complexity index is 950. The van der Waals surface area contributed by atoms with Gasteiger partial charge in [-0.2, -0.15) is 0 Å². The van der Waals surface area contributed by atoms with E-state index in [0.29, 0.717) is 37.0 Å². The summed E-state index contributed by atoms with van der Waals surface area (Å²) in [6.07, 6.45) is 3.20. The molecule has 0 aliphatic rings. The van der Waals surface area contributed by atoms with Crippen LogP contribution in [0.4, 0.5) is 0 Å². The van der Waals surface area contributed by atoms with E-state index in [4.69, 9.17) is 21.1 Å². The van der Waals surface area contributed by atoms with Gasteiger partial charge < -0.3 is 14.4 Å². The third-order valence-electron chi connectivity index (χ3n) is 4.26. The quantitative estimate of drug-likeness (QED) is 0.536. The number of carbonyl (C=O) groups excluding carboxylic acids is 1.